The topological polar surface area (TPSA) is 142 Å². The maximum Gasteiger partial charge on any atom is 0.259 e. The zero-order valence-electron chi connectivity index (χ0n) is 17.0. The van der Waals surface area contributed by atoms with Crippen LogP contribution in [0.25, 0.3) is 0 Å². The molecule has 4 amide bonds. The Kier molecular flexibility index (Phi) is 6.53. The minimum absolute atomic E-state index is 0.240. The summed E-state index contributed by atoms with van der Waals surface area (Å²) < 4.78 is 52.9. The Labute approximate surface area is 178 Å². The number of sulfonamides is 1. The SMILES string of the molecule is CC[C@@H]1CCN(C(=O)CNC=O)[C@@H]1C(=O)NC1(C(=O)NS(=O)(=O)C2CC2)CC1C(F)F. The van der Waals surface area contributed by atoms with Gasteiger partial charge in [0.25, 0.3) is 5.91 Å². The number of rotatable bonds is 10. The van der Waals surface area contributed by atoms with Crippen molar-refractivity contribution >= 4 is 34.2 Å². The van der Waals surface area contributed by atoms with Crippen molar-refractivity contribution < 1.29 is 36.4 Å². The fourth-order valence-electron chi connectivity index (χ4n) is 4.18. The van der Waals surface area contributed by atoms with Crippen LogP contribution in [0.4, 0.5) is 8.78 Å². The Hall–Kier alpha value is -2.31. The maximum absolute atomic E-state index is 13.4. The summed E-state index contributed by atoms with van der Waals surface area (Å²) in [5, 5.41) is 3.84. The number of likely N-dealkylation sites (tertiary alicyclic amines) is 1. The summed E-state index contributed by atoms with van der Waals surface area (Å²) in [5.41, 5.74) is -2.04. The van der Waals surface area contributed by atoms with Crippen molar-refractivity contribution in [1.82, 2.24) is 20.3 Å². The van der Waals surface area contributed by atoms with Gasteiger partial charge in [0.1, 0.15) is 11.6 Å². The van der Waals surface area contributed by atoms with Crippen LogP contribution in [0.15, 0.2) is 0 Å². The van der Waals surface area contributed by atoms with E-state index in [0.717, 1.165) is 0 Å². The Morgan fingerprint density at radius 1 is 1.23 bits per heavy atom. The van der Waals surface area contributed by atoms with Gasteiger partial charge in [-0.05, 0) is 31.6 Å². The van der Waals surface area contributed by atoms with Gasteiger partial charge >= 0.3 is 0 Å². The molecule has 2 saturated carbocycles. The second kappa shape index (κ2) is 8.67. The van der Waals surface area contributed by atoms with Crippen molar-refractivity contribution in [2.24, 2.45) is 11.8 Å². The summed E-state index contributed by atoms with van der Waals surface area (Å²) in [4.78, 5) is 49.9. The molecule has 3 rings (SSSR count). The van der Waals surface area contributed by atoms with E-state index in [1.54, 1.807) is 0 Å². The lowest BCUT2D eigenvalue weighted by Crippen LogP contribution is -2.58. The minimum Gasteiger partial charge on any atom is -0.350 e. The Bertz CT molecular complexity index is 865. The number of halogens is 2. The summed E-state index contributed by atoms with van der Waals surface area (Å²) in [7, 11) is -3.98. The van der Waals surface area contributed by atoms with E-state index in [9.17, 15) is 36.4 Å². The van der Waals surface area contributed by atoms with Crippen LogP contribution < -0.4 is 15.4 Å². The minimum atomic E-state index is -3.98. The molecule has 3 N–H and O–H groups in total. The number of hydrogen-bond acceptors (Lipinski definition) is 6. The number of carbonyl (C=O) groups excluding carboxylic acids is 4. The highest BCUT2D eigenvalue weighted by Crippen LogP contribution is 2.48. The van der Waals surface area contributed by atoms with Gasteiger partial charge < -0.3 is 15.5 Å². The standard InChI is InChI=1S/C18H26F2N4O6S/c1-2-10-5-6-24(13(26)8-21-9-25)14(10)16(27)22-18(7-12(18)15(19)20)17(28)23-31(29,30)11-3-4-11/h9-12,14-15H,2-8H2,1H3,(H,21,25)(H,22,27)(H,23,28)/t10-,12?,14+,18?/m1/s1. The van der Waals surface area contributed by atoms with E-state index in [4.69, 9.17) is 0 Å². The van der Waals surface area contributed by atoms with Crippen molar-refractivity contribution in [3.05, 3.63) is 0 Å². The van der Waals surface area contributed by atoms with Crippen LogP contribution in [0, 0.1) is 11.8 Å². The Morgan fingerprint density at radius 3 is 2.42 bits per heavy atom. The largest absolute Gasteiger partial charge is 0.350 e. The van der Waals surface area contributed by atoms with Crippen LogP contribution in [-0.2, 0) is 29.2 Å². The number of nitrogens with one attached hydrogen (secondary N) is 3. The van der Waals surface area contributed by atoms with E-state index >= 15 is 0 Å². The Balaban J connectivity index is 1.78. The average Bonchev–Trinajstić information content (AvgIpc) is 3.62. The van der Waals surface area contributed by atoms with Gasteiger partial charge in [0, 0.05) is 6.54 Å². The average molecular weight is 464 g/mol. The molecule has 0 aromatic carbocycles. The van der Waals surface area contributed by atoms with Gasteiger partial charge in [0.2, 0.25) is 34.7 Å². The lowest BCUT2D eigenvalue weighted by Gasteiger charge is -2.29. The molecule has 0 spiro atoms. The first-order valence-electron chi connectivity index (χ1n) is 10.2. The van der Waals surface area contributed by atoms with Crippen molar-refractivity contribution in [2.75, 3.05) is 13.1 Å². The van der Waals surface area contributed by atoms with Crippen LogP contribution in [0.1, 0.15) is 39.0 Å². The number of nitrogens with zero attached hydrogens (tertiary/aromatic N) is 1. The molecule has 10 nitrogen and oxygen atoms in total. The number of carbonyl (C=O) groups is 4. The van der Waals surface area contributed by atoms with Gasteiger partial charge in [-0.1, -0.05) is 13.3 Å². The van der Waals surface area contributed by atoms with E-state index in [1.807, 2.05) is 11.6 Å². The predicted octanol–water partition coefficient (Wildman–Crippen LogP) is -0.892. The molecular weight excluding hydrogens is 438 g/mol. The van der Waals surface area contributed by atoms with E-state index < -0.39 is 63.3 Å². The molecule has 2 unspecified atom stereocenters. The van der Waals surface area contributed by atoms with Gasteiger partial charge in [0.05, 0.1) is 17.7 Å². The smallest absolute Gasteiger partial charge is 0.259 e. The molecule has 3 aliphatic rings. The zero-order valence-corrected chi connectivity index (χ0v) is 17.8. The van der Waals surface area contributed by atoms with Gasteiger partial charge in [0.15, 0.2) is 0 Å². The highest BCUT2D eigenvalue weighted by molar-refractivity contribution is 7.91. The molecule has 13 heteroatoms. The first-order valence-corrected chi connectivity index (χ1v) is 11.7. The molecule has 1 saturated heterocycles. The second-order valence-corrected chi connectivity index (χ2v) is 10.2. The third kappa shape index (κ3) is 4.65. The Morgan fingerprint density at radius 2 is 1.90 bits per heavy atom. The van der Waals surface area contributed by atoms with E-state index in [-0.39, 0.29) is 19.0 Å². The van der Waals surface area contributed by atoms with Gasteiger partial charge in [-0.3, -0.25) is 23.9 Å². The summed E-state index contributed by atoms with van der Waals surface area (Å²) >= 11 is 0. The van der Waals surface area contributed by atoms with Gasteiger partial charge in [-0.15, -0.1) is 0 Å². The predicted molar refractivity (Wildman–Crippen MR) is 103 cm³/mol. The molecule has 174 valence electrons. The summed E-state index contributed by atoms with van der Waals surface area (Å²) in [6, 6.07) is -1.01. The normalized spacial score (nSPS) is 30.1. The van der Waals surface area contributed by atoms with Crippen LogP contribution >= 0.6 is 0 Å². The lowest BCUT2D eigenvalue weighted by atomic mass is 9.96. The fourth-order valence-corrected chi connectivity index (χ4v) is 5.54. The quantitative estimate of drug-likeness (QED) is 0.358. The molecule has 0 aromatic heterocycles. The molecular formula is C18H26F2N4O6S. The third-order valence-electron chi connectivity index (χ3n) is 6.24. The van der Waals surface area contributed by atoms with Gasteiger partial charge in [-0.2, -0.15) is 0 Å². The second-order valence-electron chi connectivity index (χ2n) is 8.27. The molecule has 2 aliphatic carbocycles. The summed E-state index contributed by atoms with van der Waals surface area (Å²) in [6.07, 6.45) is -1.21. The van der Waals surface area contributed by atoms with E-state index in [1.165, 1.54) is 4.90 Å². The van der Waals surface area contributed by atoms with E-state index in [2.05, 4.69) is 10.6 Å². The fraction of sp³-hybridized carbons (Fsp3) is 0.778. The summed E-state index contributed by atoms with van der Waals surface area (Å²) in [6.45, 7) is 1.73. The number of alkyl halides is 2. The van der Waals surface area contributed by atoms with Crippen molar-refractivity contribution in [3.8, 4) is 0 Å². The number of amides is 4. The van der Waals surface area contributed by atoms with Crippen molar-refractivity contribution in [1.29, 1.82) is 0 Å². The first kappa shape index (κ1) is 23.4. The van der Waals surface area contributed by atoms with Crippen LogP contribution in [0.2, 0.25) is 0 Å². The van der Waals surface area contributed by atoms with Crippen LogP contribution in [0.3, 0.4) is 0 Å². The molecule has 3 fully saturated rings. The first-order chi connectivity index (χ1) is 14.6. The maximum atomic E-state index is 13.4. The molecule has 1 aliphatic heterocycles. The highest BCUT2D eigenvalue weighted by Gasteiger charge is 2.66. The molecule has 4 atom stereocenters. The molecule has 0 aromatic rings. The van der Waals surface area contributed by atoms with Crippen molar-refractivity contribution in [2.45, 2.75) is 62.3 Å². The number of hydrogen-bond donors (Lipinski definition) is 3. The molecule has 31 heavy (non-hydrogen) atoms. The highest BCUT2D eigenvalue weighted by atomic mass is 32.2. The third-order valence-corrected chi connectivity index (χ3v) is 8.06. The lowest BCUT2D eigenvalue weighted by molar-refractivity contribution is -0.140. The molecule has 1 heterocycles. The van der Waals surface area contributed by atoms with Crippen molar-refractivity contribution in [3.63, 3.8) is 0 Å². The molecule has 0 radical (unpaired) electrons. The monoisotopic (exact) mass is 464 g/mol. The summed E-state index contributed by atoms with van der Waals surface area (Å²) in [5.74, 6) is -4.26. The van der Waals surface area contributed by atoms with Crippen LogP contribution in [0.5, 0.6) is 0 Å². The van der Waals surface area contributed by atoms with Crippen LogP contribution in [-0.4, -0.2) is 73.8 Å². The molecule has 0 bridgehead atoms. The van der Waals surface area contributed by atoms with Gasteiger partial charge in [-0.25, -0.2) is 17.2 Å². The zero-order chi connectivity index (χ0) is 23.0. The van der Waals surface area contributed by atoms with E-state index in [0.29, 0.717) is 32.1 Å².